The maximum Gasteiger partial charge on any atom is 0.243 e. The van der Waals surface area contributed by atoms with E-state index in [1.165, 1.54) is 16.8 Å². The summed E-state index contributed by atoms with van der Waals surface area (Å²) in [6.07, 6.45) is 8.21. The average molecular weight is 472 g/mol. The molecule has 3 rings (SSSR count). The molecule has 6 nitrogen and oxygen atoms in total. The van der Waals surface area contributed by atoms with Gasteiger partial charge in [-0.05, 0) is 61.4 Å². The molecular weight excluding hydrogens is 438 g/mol. The number of nitrogens with one attached hydrogen (secondary N) is 2. The van der Waals surface area contributed by atoms with E-state index in [0.29, 0.717) is 19.4 Å². The van der Waals surface area contributed by atoms with Crippen LogP contribution in [0.25, 0.3) is 0 Å². The average Bonchev–Trinajstić information content (AvgIpc) is 2.97. The quantitative estimate of drug-likeness (QED) is 0.222. The van der Waals surface area contributed by atoms with Crippen molar-refractivity contribution in [2.24, 2.45) is 0 Å². The van der Waals surface area contributed by atoms with Gasteiger partial charge in [-0.2, -0.15) is 0 Å². The Labute approximate surface area is 201 Å². The van der Waals surface area contributed by atoms with E-state index in [1.54, 1.807) is 5.48 Å². The summed E-state index contributed by atoms with van der Waals surface area (Å²) in [6, 6.07) is 14.7. The highest BCUT2D eigenvalue weighted by Crippen LogP contribution is 2.37. The van der Waals surface area contributed by atoms with Gasteiger partial charge < -0.3 is 10.2 Å². The summed E-state index contributed by atoms with van der Waals surface area (Å²) in [7, 11) is 0. The number of hydroxylamine groups is 1. The first-order chi connectivity index (χ1) is 16.1. The van der Waals surface area contributed by atoms with Crippen LogP contribution in [0.5, 0.6) is 0 Å². The molecule has 2 aromatic carbocycles. The first-order valence-corrected chi connectivity index (χ1v) is 12.3. The van der Waals surface area contributed by atoms with Gasteiger partial charge in [-0.15, -0.1) is 0 Å². The number of fused-ring (bicyclic) bond motifs is 2. The van der Waals surface area contributed by atoms with Crippen LogP contribution in [0.1, 0.15) is 62.5 Å². The van der Waals surface area contributed by atoms with E-state index in [9.17, 15) is 9.59 Å². The molecule has 0 atom stereocenters. The van der Waals surface area contributed by atoms with Crippen molar-refractivity contribution >= 4 is 34.8 Å². The van der Waals surface area contributed by atoms with E-state index in [0.717, 1.165) is 68.6 Å². The normalized spacial score (nSPS) is 12.5. The lowest BCUT2D eigenvalue weighted by Gasteiger charge is -2.27. The van der Waals surface area contributed by atoms with Crippen molar-refractivity contribution in [1.29, 1.82) is 0 Å². The van der Waals surface area contributed by atoms with Crippen molar-refractivity contribution in [2.45, 2.75) is 64.2 Å². The predicted octanol–water partition coefficient (Wildman–Crippen LogP) is 5.32. The third-order valence-corrected chi connectivity index (χ3v) is 6.33. The van der Waals surface area contributed by atoms with Gasteiger partial charge in [0.1, 0.15) is 0 Å². The Hall–Kier alpha value is -2.57. The van der Waals surface area contributed by atoms with Gasteiger partial charge in [0.25, 0.3) is 0 Å². The lowest BCUT2D eigenvalue weighted by molar-refractivity contribution is -0.129. The Morgan fingerprint density at radius 3 is 2.27 bits per heavy atom. The highest BCUT2D eigenvalue weighted by atomic mass is 35.5. The van der Waals surface area contributed by atoms with Gasteiger partial charge in [0.2, 0.25) is 11.8 Å². The van der Waals surface area contributed by atoms with Crippen LogP contribution in [0.3, 0.4) is 0 Å². The monoisotopic (exact) mass is 471 g/mol. The minimum absolute atomic E-state index is 0.0920. The van der Waals surface area contributed by atoms with Gasteiger partial charge in [0.05, 0.1) is 0 Å². The van der Waals surface area contributed by atoms with Crippen LogP contribution in [0.4, 0.5) is 11.4 Å². The van der Waals surface area contributed by atoms with Crippen molar-refractivity contribution in [3.8, 4) is 0 Å². The van der Waals surface area contributed by atoms with Crippen LogP contribution in [-0.2, 0) is 22.4 Å². The van der Waals surface area contributed by atoms with E-state index >= 15 is 0 Å². The number of hydrogen-bond donors (Lipinski definition) is 3. The fourth-order valence-electron chi connectivity index (χ4n) is 4.34. The highest BCUT2D eigenvalue weighted by Gasteiger charge is 2.20. The zero-order valence-electron chi connectivity index (χ0n) is 19.1. The van der Waals surface area contributed by atoms with E-state index in [2.05, 4.69) is 40.5 Å². The fourth-order valence-corrected chi connectivity index (χ4v) is 4.50. The van der Waals surface area contributed by atoms with Crippen LogP contribution >= 0.6 is 11.6 Å². The lowest BCUT2D eigenvalue weighted by Crippen LogP contribution is -2.28. The molecule has 178 valence electrons. The third kappa shape index (κ3) is 7.76. The molecule has 0 aliphatic carbocycles. The summed E-state index contributed by atoms with van der Waals surface area (Å²) < 4.78 is 0. The molecule has 0 aromatic heterocycles. The van der Waals surface area contributed by atoms with Crippen molar-refractivity contribution in [3.05, 3.63) is 58.6 Å². The number of hydrogen-bond acceptors (Lipinski definition) is 4. The van der Waals surface area contributed by atoms with Gasteiger partial charge in [0.15, 0.2) is 0 Å². The van der Waals surface area contributed by atoms with Crippen molar-refractivity contribution < 1.29 is 14.8 Å². The molecule has 7 heteroatoms. The molecule has 1 heterocycles. The standard InChI is InChI=1S/C26H34ClN3O3/c27-22-16-15-21-14-13-20-9-6-7-10-23(20)30(24(21)19-22)18-8-17-28-25(31)11-4-2-1-3-5-12-26(32)29-33/h6-7,9-10,15-16,19,33H,1-5,8,11-14,17-18H2,(H,28,31)(H,29,32). The molecule has 0 saturated heterocycles. The van der Waals surface area contributed by atoms with E-state index in [1.807, 2.05) is 12.1 Å². The topological polar surface area (TPSA) is 81.7 Å². The molecule has 1 aliphatic rings. The molecule has 2 aromatic rings. The molecule has 0 spiro atoms. The second-order valence-electron chi connectivity index (χ2n) is 8.56. The predicted molar refractivity (Wildman–Crippen MR) is 132 cm³/mol. The SMILES string of the molecule is O=C(CCCCCCCC(=O)NCCCN1c2ccccc2CCc2ccc(Cl)cc21)NO. The van der Waals surface area contributed by atoms with Gasteiger partial charge in [-0.3, -0.25) is 14.8 Å². The number of nitrogens with zero attached hydrogens (tertiary/aromatic N) is 1. The smallest absolute Gasteiger partial charge is 0.243 e. The number of anilines is 2. The van der Waals surface area contributed by atoms with Crippen LogP contribution in [-0.4, -0.2) is 30.1 Å². The van der Waals surface area contributed by atoms with E-state index in [4.69, 9.17) is 16.8 Å². The number of halogens is 1. The number of amides is 2. The van der Waals surface area contributed by atoms with Crippen molar-refractivity contribution in [2.75, 3.05) is 18.0 Å². The minimum atomic E-state index is -0.343. The summed E-state index contributed by atoms with van der Waals surface area (Å²) in [6.45, 7) is 1.45. The molecular formula is C26H34ClN3O3. The van der Waals surface area contributed by atoms with E-state index in [-0.39, 0.29) is 11.8 Å². The molecule has 0 bridgehead atoms. The minimum Gasteiger partial charge on any atom is -0.356 e. The Balaban J connectivity index is 1.41. The fraction of sp³-hybridized carbons (Fsp3) is 0.462. The molecule has 0 radical (unpaired) electrons. The summed E-state index contributed by atoms with van der Waals surface area (Å²) in [5, 5.41) is 12.2. The van der Waals surface area contributed by atoms with Crippen LogP contribution in [0.15, 0.2) is 42.5 Å². The molecule has 0 saturated carbocycles. The molecule has 1 aliphatic heterocycles. The second kappa shape index (κ2) is 13.2. The first-order valence-electron chi connectivity index (χ1n) is 11.9. The van der Waals surface area contributed by atoms with Gasteiger partial charge in [0, 0.05) is 42.3 Å². The first kappa shape index (κ1) is 25.1. The molecule has 3 N–H and O–H groups in total. The number of carbonyl (C=O) groups excluding carboxylic acids is 2. The Morgan fingerprint density at radius 1 is 0.848 bits per heavy atom. The summed E-state index contributed by atoms with van der Waals surface area (Å²) in [4.78, 5) is 25.5. The number of benzene rings is 2. The third-order valence-electron chi connectivity index (χ3n) is 6.10. The maximum atomic E-state index is 12.2. The Bertz CT molecular complexity index is 935. The number of rotatable bonds is 12. The van der Waals surface area contributed by atoms with Gasteiger partial charge in [-0.1, -0.05) is 55.1 Å². The zero-order chi connectivity index (χ0) is 23.5. The summed E-state index contributed by atoms with van der Waals surface area (Å²) in [5.74, 6) is -0.251. The van der Waals surface area contributed by atoms with Crippen LogP contribution in [0, 0.1) is 0 Å². The molecule has 0 fully saturated rings. The Kier molecular flexibility index (Phi) is 10.0. The van der Waals surface area contributed by atoms with Gasteiger partial charge in [-0.25, -0.2) is 5.48 Å². The molecule has 0 unspecified atom stereocenters. The van der Waals surface area contributed by atoms with Gasteiger partial charge >= 0.3 is 0 Å². The number of para-hydroxylation sites is 1. The summed E-state index contributed by atoms with van der Waals surface area (Å²) >= 11 is 6.32. The van der Waals surface area contributed by atoms with Crippen LogP contribution in [0.2, 0.25) is 5.02 Å². The lowest BCUT2D eigenvalue weighted by atomic mass is 10.0. The van der Waals surface area contributed by atoms with Crippen LogP contribution < -0.4 is 15.7 Å². The summed E-state index contributed by atoms with van der Waals surface area (Å²) in [5.41, 5.74) is 6.67. The van der Waals surface area contributed by atoms with Crippen molar-refractivity contribution in [3.63, 3.8) is 0 Å². The highest BCUT2D eigenvalue weighted by molar-refractivity contribution is 6.30. The maximum absolute atomic E-state index is 12.2. The number of carbonyl (C=O) groups is 2. The second-order valence-corrected chi connectivity index (χ2v) is 9.00. The zero-order valence-corrected chi connectivity index (χ0v) is 19.9. The number of aryl methyl sites for hydroxylation is 2. The van der Waals surface area contributed by atoms with E-state index < -0.39 is 0 Å². The largest absolute Gasteiger partial charge is 0.356 e. The number of unbranched alkanes of at least 4 members (excludes halogenated alkanes) is 4. The Morgan fingerprint density at radius 2 is 1.52 bits per heavy atom. The van der Waals surface area contributed by atoms with Crippen molar-refractivity contribution in [1.82, 2.24) is 10.8 Å². The molecule has 2 amide bonds. The molecule has 33 heavy (non-hydrogen) atoms.